The Kier molecular flexibility index (Phi) is 4.96. The van der Waals surface area contributed by atoms with Crippen LogP contribution in [0.3, 0.4) is 0 Å². The molecule has 0 fully saturated rings. The van der Waals surface area contributed by atoms with E-state index in [2.05, 4.69) is 39.2 Å². The van der Waals surface area contributed by atoms with Crippen molar-refractivity contribution in [1.82, 2.24) is 5.32 Å². The minimum atomic E-state index is -1.83. The molecule has 0 radical (unpaired) electrons. The van der Waals surface area contributed by atoms with E-state index in [9.17, 15) is 4.79 Å². The van der Waals surface area contributed by atoms with Gasteiger partial charge in [-0.1, -0.05) is 20.8 Å². The average Bonchev–Trinajstić information content (AvgIpc) is 2.02. The summed E-state index contributed by atoms with van der Waals surface area (Å²) in [5, 5.41) is 11.7. The highest BCUT2D eigenvalue weighted by Crippen LogP contribution is 2.36. The quantitative estimate of drug-likeness (QED) is 0.709. The van der Waals surface area contributed by atoms with E-state index in [1.807, 2.05) is 0 Å². The summed E-state index contributed by atoms with van der Waals surface area (Å²) in [6.45, 7) is 10.9. The Hall–Kier alpha value is -0.393. The molecule has 0 spiro atoms. The lowest BCUT2D eigenvalue weighted by molar-refractivity contribution is -0.140. The third-order valence-corrected chi connectivity index (χ3v) is 7.56. The molecule has 0 saturated carbocycles. The SMILES string of the molecule is CNC(CO[Si](C)(C)C(C)(C)C)C(=O)O. The maximum atomic E-state index is 10.8. The van der Waals surface area contributed by atoms with Crippen molar-refractivity contribution < 1.29 is 14.3 Å². The molecule has 4 nitrogen and oxygen atoms in total. The Morgan fingerprint density at radius 2 is 1.93 bits per heavy atom. The summed E-state index contributed by atoms with van der Waals surface area (Å²) in [7, 11) is -0.200. The van der Waals surface area contributed by atoms with Crippen molar-refractivity contribution in [3.8, 4) is 0 Å². The van der Waals surface area contributed by atoms with Gasteiger partial charge in [0.05, 0.1) is 6.61 Å². The van der Waals surface area contributed by atoms with Gasteiger partial charge in [-0.15, -0.1) is 0 Å². The zero-order chi connectivity index (χ0) is 12.3. The number of nitrogens with one attached hydrogen (secondary N) is 1. The Morgan fingerprint density at radius 3 is 2.20 bits per heavy atom. The van der Waals surface area contributed by atoms with Crippen LogP contribution in [-0.2, 0) is 9.22 Å². The second-order valence-electron chi connectivity index (χ2n) is 5.25. The number of aliphatic carboxylic acids is 1. The van der Waals surface area contributed by atoms with Gasteiger partial charge in [0.25, 0.3) is 0 Å². The van der Waals surface area contributed by atoms with Gasteiger partial charge in [0.1, 0.15) is 6.04 Å². The zero-order valence-corrected chi connectivity index (χ0v) is 11.5. The highest BCUT2D eigenvalue weighted by atomic mass is 28.4. The molecule has 0 aliphatic carbocycles. The van der Waals surface area contributed by atoms with Crippen molar-refractivity contribution in [1.29, 1.82) is 0 Å². The van der Waals surface area contributed by atoms with Crippen LogP contribution in [0.25, 0.3) is 0 Å². The number of hydrogen-bond donors (Lipinski definition) is 2. The normalized spacial score (nSPS) is 15.1. The number of hydrogen-bond acceptors (Lipinski definition) is 3. The summed E-state index contributed by atoms with van der Waals surface area (Å²) in [5.41, 5.74) is 0. The first-order chi connectivity index (χ1) is 6.62. The number of carboxylic acids is 1. The van der Waals surface area contributed by atoms with E-state index in [4.69, 9.17) is 9.53 Å². The summed E-state index contributed by atoms with van der Waals surface area (Å²) in [4.78, 5) is 10.8. The lowest BCUT2D eigenvalue weighted by Gasteiger charge is -2.36. The van der Waals surface area contributed by atoms with Crippen LogP contribution < -0.4 is 5.32 Å². The van der Waals surface area contributed by atoms with Crippen LogP contribution in [0, 0.1) is 0 Å². The fourth-order valence-electron chi connectivity index (χ4n) is 0.786. The van der Waals surface area contributed by atoms with E-state index in [0.29, 0.717) is 0 Å². The summed E-state index contributed by atoms with van der Waals surface area (Å²) in [5.74, 6) is -0.865. The lowest BCUT2D eigenvalue weighted by atomic mass is 10.2. The monoisotopic (exact) mass is 233 g/mol. The molecule has 15 heavy (non-hydrogen) atoms. The van der Waals surface area contributed by atoms with E-state index >= 15 is 0 Å². The molecule has 0 aromatic carbocycles. The molecular formula is C10H23NO3Si. The van der Waals surface area contributed by atoms with E-state index in [1.165, 1.54) is 0 Å². The molecule has 0 aromatic heterocycles. The number of carboxylic acid groups (broad SMARTS) is 1. The summed E-state index contributed by atoms with van der Waals surface area (Å²) >= 11 is 0. The van der Waals surface area contributed by atoms with Crippen molar-refractivity contribution in [3.05, 3.63) is 0 Å². The molecule has 0 saturated heterocycles. The largest absolute Gasteiger partial charge is 0.480 e. The number of carbonyl (C=O) groups is 1. The van der Waals surface area contributed by atoms with Gasteiger partial charge in [0, 0.05) is 0 Å². The molecule has 0 aliphatic rings. The fraction of sp³-hybridized carbons (Fsp3) is 0.900. The topological polar surface area (TPSA) is 58.6 Å². The molecule has 0 rings (SSSR count). The van der Waals surface area contributed by atoms with Gasteiger partial charge < -0.3 is 14.8 Å². The molecule has 5 heteroatoms. The van der Waals surface area contributed by atoms with E-state index < -0.39 is 20.3 Å². The second kappa shape index (κ2) is 5.09. The Balaban J connectivity index is 4.31. The van der Waals surface area contributed by atoms with E-state index in [0.717, 1.165) is 0 Å². The van der Waals surface area contributed by atoms with Gasteiger partial charge >= 0.3 is 5.97 Å². The van der Waals surface area contributed by atoms with Crippen LogP contribution in [0.2, 0.25) is 18.1 Å². The Labute approximate surface area is 93.1 Å². The summed E-state index contributed by atoms with van der Waals surface area (Å²) in [6.07, 6.45) is 0. The van der Waals surface area contributed by atoms with Crippen molar-refractivity contribution in [3.63, 3.8) is 0 Å². The minimum Gasteiger partial charge on any atom is -0.480 e. The Morgan fingerprint density at radius 1 is 1.47 bits per heavy atom. The van der Waals surface area contributed by atoms with Gasteiger partial charge in [-0.2, -0.15) is 0 Å². The van der Waals surface area contributed by atoms with Gasteiger partial charge in [0.2, 0.25) is 0 Å². The predicted octanol–water partition coefficient (Wildman–Crippen LogP) is 1.68. The molecule has 2 N–H and O–H groups in total. The third-order valence-electron chi connectivity index (χ3n) is 3.06. The molecule has 1 atom stereocenters. The van der Waals surface area contributed by atoms with Gasteiger partial charge in [-0.25, -0.2) is 0 Å². The van der Waals surface area contributed by atoms with E-state index in [1.54, 1.807) is 7.05 Å². The summed E-state index contributed by atoms with van der Waals surface area (Å²) in [6, 6.07) is -0.612. The molecule has 0 amide bonds. The Bertz CT molecular complexity index is 223. The first-order valence-electron chi connectivity index (χ1n) is 5.16. The molecule has 0 aromatic rings. The molecule has 0 bridgehead atoms. The van der Waals surface area contributed by atoms with Gasteiger partial charge in [-0.3, -0.25) is 4.79 Å². The molecule has 1 unspecified atom stereocenters. The van der Waals surface area contributed by atoms with Crippen LogP contribution in [-0.4, -0.2) is 39.1 Å². The number of rotatable bonds is 5. The minimum absolute atomic E-state index is 0.115. The standard InChI is InChI=1S/C10H23NO3Si/c1-10(2,3)15(5,6)14-7-8(11-4)9(12)13/h8,11H,7H2,1-6H3,(H,12,13). The van der Waals surface area contributed by atoms with Crippen molar-refractivity contribution in [2.24, 2.45) is 0 Å². The predicted molar refractivity (Wildman–Crippen MR) is 63.6 cm³/mol. The zero-order valence-electron chi connectivity index (χ0n) is 10.5. The maximum Gasteiger partial charge on any atom is 0.323 e. The highest BCUT2D eigenvalue weighted by molar-refractivity contribution is 6.74. The fourth-order valence-corrected chi connectivity index (χ4v) is 1.80. The van der Waals surface area contributed by atoms with Gasteiger partial charge in [-0.05, 0) is 25.2 Å². The molecule has 90 valence electrons. The van der Waals surface area contributed by atoms with Crippen molar-refractivity contribution in [2.45, 2.75) is 44.9 Å². The highest BCUT2D eigenvalue weighted by Gasteiger charge is 2.37. The lowest BCUT2D eigenvalue weighted by Crippen LogP contribution is -2.46. The van der Waals surface area contributed by atoms with E-state index in [-0.39, 0.29) is 11.6 Å². The van der Waals surface area contributed by atoms with Crippen LogP contribution >= 0.6 is 0 Å². The third kappa shape index (κ3) is 4.32. The van der Waals surface area contributed by atoms with Gasteiger partial charge in [0.15, 0.2) is 8.32 Å². The van der Waals surface area contributed by atoms with Crippen molar-refractivity contribution in [2.75, 3.05) is 13.7 Å². The first-order valence-corrected chi connectivity index (χ1v) is 8.06. The average molecular weight is 233 g/mol. The van der Waals surface area contributed by atoms with Crippen LogP contribution in [0.1, 0.15) is 20.8 Å². The first kappa shape index (κ1) is 14.6. The van der Waals surface area contributed by atoms with Crippen LogP contribution in [0.5, 0.6) is 0 Å². The molecule has 0 heterocycles. The molecule has 0 aliphatic heterocycles. The van der Waals surface area contributed by atoms with Crippen LogP contribution in [0.15, 0.2) is 0 Å². The second-order valence-corrected chi connectivity index (χ2v) is 10.1. The number of likely N-dealkylation sites (N-methyl/N-ethyl adjacent to an activating group) is 1. The smallest absolute Gasteiger partial charge is 0.323 e. The van der Waals surface area contributed by atoms with Crippen molar-refractivity contribution >= 4 is 14.3 Å². The molecular weight excluding hydrogens is 210 g/mol. The maximum absolute atomic E-state index is 10.8. The summed E-state index contributed by atoms with van der Waals surface area (Å²) < 4.78 is 5.80. The van der Waals surface area contributed by atoms with Crippen LogP contribution in [0.4, 0.5) is 0 Å².